The van der Waals surface area contributed by atoms with Crippen molar-refractivity contribution in [1.82, 2.24) is 0 Å². The standard InChI is InChI=1S/C25H20O/c1-25(2)22-10-6-5-9-20(22)21-14-12-17(15-23(21)25)19-13-11-16-7-3-4-8-18(16)24(19)26/h3-15,26H,1-2H3. The van der Waals surface area contributed by atoms with Crippen LogP contribution in [0.4, 0.5) is 0 Å². The third kappa shape index (κ3) is 1.97. The van der Waals surface area contributed by atoms with Crippen LogP contribution in [0.5, 0.6) is 5.75 Å². The predicted molar refractivity (Wildman–Crippen MR) is 109 cm³/mol. The van der Waals surface area contributed by atoms with Crippen molar-refractivity contribution in [3.8, 4) is 28.0 Å². The minimum atomic E-state index is -0.0333. The minimum absolute atomic E-state index is 0.0333. The maximum absolute atomic E-state index is 10.9. The van der Waals surface area contributed by atoms with Crippen molar-refractivity contribution in [2.75, 3.05) is 0 Å². The average Bonchev–Trinajstić information content (AvgIpc) is 2.90. The fraction of sp³-hybridized carbons (Fsp3) is 0.120. The zero-order valence-electron chi connectivity index (χ0n) is 15.0. The largest absolute Gasteiger partial charge is 0.507 e. The lowest BCUT2D eigenvalue weighted by molar-refractivity contribution is 0.483. The maximum Gasteiger partial charge on any atom is 0.131 e. The molecule has 5 rings (SSSR count). The topological polar surface area (TPSA) is 20.2 Å². The molecule has 1 aliphatic rings. The van der Waals surface area contributed by atoms with Crippen molar-refractivity contribution in [2.45, 2.75) is 19.3 Å². The van der Waals surface area contributed by atoms with Crippen LogP contribution in [0.3, 0.4) is 0 Å². The van der Waals surface area contributed by atoms with Crippen LogP contribution < -0.4 is 0 Å². The SMILES string of the molecule is CC1(C)c2ccccc2-c2ccc(-c3ccc4ccccc4c3O)cc21. The highest BCUT2D eigenvalue weighted by Crippen LogP contribution is 2.50. The Morgan fingerprint density at radius 2 is 1.35 bits per heavy atom. The molecule has 0 spiro atoms. The van der Waals surface area contributed by atoms with Gasteiger partial charge in [-0.15, -0.1) is 0 Å². The van der Waals surface area contributed by atoms with E-state index in [-0.39, 0.29) is 5.41 Å². The summed E-state index contributed by atoms with van der Waals surface area (Å²) in [5.74, 6) is 0.358. The van der Waals surface area contributed by atoms with E-state index in [9.17, 15) is 5.11 Å². The number of hydrogen-bond acceptors (Lipinski definition) is 1. The molecule has 0 saturated carbocycles. The Balaban J connectivity index is 1.73. The smallest absolute Gasteiger partial charge is 0.131 e. The van der Waals surface area contributed by atoms with Crippen molar-refractivity contribution < 1.29 is 5.11 Å². The Morgan fingerprint density at radius 3 is 2.23 bits per heavy atom. The second-order valence-corrected chi connectivity index (χ2v) is 7.61. The van der Waals surface area contributed by atoms with Crippen LogP contribution in [0.2, 0.25) is 0 Å². The number of fused-ring (bicyclic) bond motifs is 4. The molecular weight excluding hydrogens is 316 g/mol. The van der Waals surface area contributed by atoms with Gasteiger partial charge in [0.25, 0.3) is 0 Å². The van der Waals surface area contributed by atoms with Crippen molar-refractivity contribution in [1.29, 1.82) is 0 Å². The molecule has 0 atom stereocenters. The second kappa shape index (κ2) is 5.22. The van der Waals surface area contributed by atoms with Gasteiger partial charge in [-0.1, -0.05) is 86.6 Å². The van der Waals surface area contributed by atoms with Gasteiger partial charge >= 0.3 is 0 Å². The molecule has 1 heteroatoms. The molecule has 0 fully saturated rings. The van der Waals surface area contributed by atoms with E-state index in [2.05, 4.69) is 62.4 Å². The number of hydrogen-bond donors (Lipinski definition) is 1. The molecule has 0 amide bonds. The van der Waals surface area contributed by atoms with Crippen molar-refractivity contribution in [3.05, 3.63) is 90.0 Å². The van der Waals surface area contributed by atoms with E-state index in [0.717, 1.165) is 21.9 Å². The van der Waals surface area contributed by atoms with Crippen molar-refractivity contribution in [3.63, 3.8) is 0 Å². The highest BCUT2D eigenvalue weighted by atomic mass is 16.3. The lowest BCUT2D eigenvalue weighted by Gasteiger charge is -2.22. The summed E-state index contributed by atoms with van der Waals surface area (Å²) < 4.78 is 0. The molecule has 26 heavy (non-hydrogen) atoms. The van der Waals surface area contributed by atoms with E-state index in [1.807, 2.05) is 30.3 Å². The van der Waals surface area contributed by atoms with Crippen LogP contribution in [0.25, 0.3) is 33.0 Å². The second-order valence-electron chi connectivity index (χ2n) is 7.61. The molecule has 1 N–H and O–H groups in total. The number of phenols is 1. The molecule has 4 aromatic carbocycles. The van der Waals surface area contributed by atoms with E-state index in [4.69, 9.17) is 0 Å². The highest BCUT2D eigenvalue weighted by molar-refractivity contribution is 5.95. The van der Waals surface area contributed by atoms with Gasteiger partial charge in [-0.05, 0) is 39.3 Å². The third-order valence-corrected chi connectivity index (χ3v) is 5.80. The Morgan fingerprint density at radius 1 is 0.654 bits per heavy atom. The first-order valence-corrected chi connectivity index (χ1v) is 9.03. The van der Waals surface area contributed by atoms with Gasteiger partial charge in [0.05, 0.1) is 0 Å². The summed E-state index contributed by atoms with van der Waals surface area (Å²) in [6.45, 7) is 4.56. The molecule has 4 aromatic rings. The molecule has 0 bridgehead atoms. The predicted octanol–water partition coefficient (Wildman–Crippen LogP) is 6.52. The van der Waals surface area contributed by atoms with Crippen molar-refractivity contribution >= 4 is 10.8 Å². The summed E-state index contributed by atoms with van der Waals surface area (Å²) in [4.78, 5) is 0. The highest BCUT2D eigenvalue weighted by Gasteiger charge is 2.35. The van der Waals surface area contributed by atoms with Gasteiger partial charge in [-0.25, -0.2) is 0 Å². The van der Waals surface area contributed by atoms with Crippen LogP contribution >= 0.6 is 0 Å². The summed E-state index contributed by atoms with van der Waals surface area (Å²) >= 11 is 0. The first-order valence-electron chi connectivity index (χ1n) is 9.03. The molecule has 126 valence electrons. The quantitative estimate of drug-likeness (QED) is 0.419. The Kier molecular flexibility index (Phi) is 3.05. The normalized spacial score (nSPS) is 14.2. The number of phenolic OH excluding ortho intramolecular Hbond substituents is 1. The van der Waals surface area contributed by atoms with Gasteiger partial charge in [0, 0.05) is 16.4 Å². The first-order chi connectivity index (χ1) is 12.6. The molecule has 0 heterocycles. The van der Waals surface area contributed by atoms with Gasteiger partial charge in [0.15, 0.2) is 0 Å². The number of benzene rings is 4. The van der Waals surface area contributed by atoms with Crippen LogP contribution in [0.15, 0.2) is 78.9 Å². The van der Waals surface area contributed by atoms with Crippen LogP contribution in [-0.4, -0.2) is 5.11 Å². The van der Waals surface area contributed by atoms with E-state index in [1.54, 1.807) is 0 Å². The summed E-state index contributed by atoms with van der Waals surface area (Å²) in [5.41, 5.74) is 7.23. The summed E-state index contributed by atoms with van der Waals surface area (Å²) in [6.07, 6.45) is 0. The Bertz CT molecular complexity index is 1170. The lowest BCUT2D eigenvalue weighted by atomic mass is 9.81. The van der Waals surface area contributed by atoms with E-state index in [1.165, 1.54) is 22.3 Å². The summed E-state index contributed by atoms with van der Waals surface area (Å²) in [7, 11) is 0. The van der Waals surface area contributed by atoms with Crippen LogP contribution in [0.1, 0.15) is 25.0 Å². The molecule has 0 radical (unpaired) electrons. The molecule has 0 saturated heterocycles. The van der Waals surface area contributed by atoms with Gasteiger partial charge in [-0.3, -0.25) is 0 Å². The molecule has 0 unspecified atom stereocenters. The molecule has 1 aliphatic carbocycles. The maximum atomic E-state index is 10.9. The molecule has 1 nitrogen and oxygen atoms in total. The third-order valence-electron chi connectivity index (χ3n) is 5.80. The molecular formula is C25H20O. The number of rotatable bonds is 1. The van der Waals surface area contributed by atoms with Gasteiger partial charge in [0.2, 0.25) is 0 Å². The van der Waals surface area contributed by atoms with Gasteiger partial charge in [0.1, 0.15) is 5.75 Å². The van der Waals surface area contributed by atoms with Gasteiger partial charge in [-0.2, -0.15) is 0 Å². The van der Waals surface area contributed by atoms with E-state index in [0.29, 0.717) is 5.75 Å². The lowest BCUT2D eigenvalue weighted by Crippen LogP contribution is -2.14. The van der Waals surface area contributed by atoms with Crippen LogP contribution in [-0.2, 0) is 5.41 Å². The molecule has 0 aliphatic heterocycles. The fourth-order valence-corrected chi connectivity index (χ4v) is 4.36. The average molecular weight is 336 g/mol. The summed E-state index contributed by atoms with van der Waals surface area (Å²) in [6, 6.07) is 27.3. The van der Waals surface area contributed by atoms with Gasteiger partial charge < -0.3 is 5.11 Å². The Labute approximate surface area is 153 Å². The monoisotopic (exact) mass is 336 g/mol. The van der Waals surface area contributed by atoms with Crippen LogP contribution in [0, 0.1) is 0 Å². The fourth-order valence-electron chi connectivity index (χ4n) is 4.36. The summed E-state index contributed by atoms with van der Waals surface area (Å²) in [5, 5.41) is 12.8. The molecule has 0 aromatic heterocycles. The van der Waals surface area contributed by atoms with Crippen molar-refractivity contribution in [2.24, 2.45) is 0 Å². The first kappa shape index (κ1) is 15.2. The zero-order chi connectivity index (χ0) is 17.9. The van der Waals surface area contributed by atoms with E-state index < -0.39 is 0 Å². The van der Waals surface area contributed by atoms with E-state index >= 15 is 0 Å². The zero-order valence-corrected chi connectivity index (χ0v) is 15.0. The Hall–Kier alpha value is -3.06. The minimum Gasteiger partial charge on any atom is -0.507 e. The number of aromatic hydroxyl groups is 1.